The summed E-state index contributed by atoms with van der Waals surface area (Å²) in [7, 11) is 0. The number of nitrogens with zero attached hydrogens (tertiary/aromatic N) is 2. The zero-order chi connectivity index (χ0) is 10.9. The molecule has 0 amide bonds. The van der Waals surface area contributed by atoms with Crippen LogP contribution in [0.25, 0.3) is 11.5 Å². The second kappa shape index (κ2) is 3.50. The molecule has 2 rings (SSSR count). The van der Waals surface area contributed by atoms with E-state index in [0.717, 1.165) is 11.4 Å². The summed E-state index contributed by atoms with van der Waals surface area (Å²) < 4.78 is 5.22. The Balaban J connectivity index is 2.37. The molecule has 0 atom stereocenters. The van der Waals surface area contributed by atoms with Gasteiger partial charge in [0.05, 0.1) is 0 Å². The predicted molar refractivity (Wildman–Crippen MR) is 58.4 cm³/mol. The summed E-state index contributed by atoms with van der Waals surface area (Å²) >= 11 is 0. The van der Waals surface area contributed by atoms with Crippen LogP contribution in [0.4, 0.5) is 0 Å². The van der Waals surface area contributed by atoms with Crippen LogP contribution in [0, 0.1) is 0 Å². The summed E-state index contributed by atoms with van der Waals surface area (Å²) in [6.45, 7) is 6.19. The summed E-state index contributed by atoms with van der Waals surface area (Å²) in [5.41, 5.74) is 0.886. The molecule has 3 heteroatoms. The minimum absolute atomic E-state index is 0.0729. The first-order chi connectivity index (χ1) is 7.07. The normalized spacial score (nSPS) is 11.7. The van der Waals surface area contributed by atoms with Gasteiger partial charge in [0, 0.05) is 11.0 Å². The SMILES string of the molecule is CC(C)(C)c1noc(-c2ccccc2)n1. The smallest absolute Gasteiger partial charge is 0.257 e. The third-order valence-electron chi connectivity index (χ3n) is 2.12. The fourth-order valence-electron chi connectivity index (χ4n) is 1.23. The molecule has 15 heavy (non-hydrogen) atoms. The van der Waals surface area contributed by atoms with Crippen LogP contribution in [-0.4, -0.2) is 10.1 Å². The monoisotopic (exact) mass is 202 g/mol. The lowest BCUT2D eigenvalue weighted by atomic mass is 9.96. The average Bonchev–Trinajstić information content (AvgIpc) is 2.67. The highest BCUT2D eigenvalue weighted by atomic mass is 16.5. The van der Waals surface area contributed by atoms with E-state index in [1.165, 1.54) is 0 Å². The molecular weight excluding hydrogens is 188 g/mol. The Morgan fingerprint density at radius 2 is 1.73 bits per heavy atom. The first-order valence-electron chi connectivity index (χ1n) is 4.97. The molecule has 1 aromatic heterocycles. The summed E-state index contributed by atoms with van der Waals surface area (Å²) in [5.74, 6) is 1.32. The Hall–Kier alpha value is -1.64. The van der Waals surface area contributed by atoms with Gasteiger partial charge in [0.1, 0.15) is 0 Å². The minimum atomic E-state index is -0.0729. The quantitative estimate of drug-likeness (QED) is 0.713. The van der Waals surface area contributed by atoms with Gasteiger partial charge in [-0.3, -0.25) is 0 Å². The van der Waals surface area contributed by atoms with E-state index in [1.54, 1.807) is 0 Å². The molecule has 3 nitrogen and oxygen atoms in total. The molecule has 1 heterocycles. The van der Waals surface area contributed by atoms with Crippen LogP contribution < -0.4 is 0 Å². The van der Waals surface area contributed by atoms with Crippen LogP contribution in [0.1, 0.15) is 26.6 Å². The van der Waals surface area contributed by atoms with Crippen molar-refractivity contribution in [3.05, 3.63) is 36.2 Å². The maximum Gasteiger partial charge on any atom is 0.257 e. The number of benzene rings is 1. The van der Waals surface area contributed by atoms with Gasteiger partial charge in [-0.05, 0) is 12.1 Å². The lowest BCUT2D eigenvalue weighted by Gasteiger charge is -2.10. The van der Waals surface area contributed by atoms with Crippen molar-refractivity contribution >= 4 is 0 Å². The highest BCUT2D eigenvalue weighted by Gasteiger charge is 2.21. The van der Waals surface area contributed by atoms with Crippen LogP contribution in [0.3, 0.4) is 0 Å². The number of rotatable bonds is 1. The van der Waals surface area contributed by atoms with Gasteiger partial charge in [-0.2, -0.15) is 4.98 Å². The largest absolute Gasteiger partial charge is 0.334 e. The van der Waals surface area contributed by atoms with E-state index in [4.69, 9.17) is 4.52 Å². The second-order valence-corrected chi connectivity index (χ2v) is 4.54. The van der Waals surface area contributed by atoms with Gasteiger partial charge in [-0.1, -0.05) is 44.1 Å². The fourth-order valence-corrected chi connectivity index (χ4v) is 1.23. The number of hydrogen-bond donors (Lipinski definition) is 0. The average molecular weight is 202 g/mol. The van der Waals surface area contributed by atoms with Gasteiger partial charge in [0.2, 0.25) is 0 Å². The van der Waals surface area contributed by atoms with E-state index in [-0.39, 0.29) is 5.41 Å². The standard InChI is InChI=1S/C12H14N2O/c1-12(2,3)11-13-10(15-14-11)9-7-5-4-6-8-9/h4-8H,1-3H3. The number of hydrogen-bond acceptors (Lipinski definition) is 3. The Kier molecular flexibility index (Phi) is 2.31. The lowest BCUT2D eigenvalue weighted by molar-refractivity contribution is 0.402. The third-order valence-corrected chi connectivity index (χ3v) is 2.12. The summed E-state index contributed by atoms with van der Waals surface area (Å²) in [6.07, 6.45) is 0. The molecule has 0 saturated heterocycles. The Bertz CT molecular complexity index is 440. The van der Waals surface area contributed by atoms with Gasteiger partial charge >= 0.3 is 0 Å². The highest BCUT2D eigenvalue weighted by molar-refractivity contribution is 5.52. The second-order valence-electron chi connectivity index (χ2n) is 4.54. The molecule has 0 aliphatic heterocycles. The van der Waals surface area contributed by atoms with Crippen molar-refractivity contribution in [2.24, 2.45) is 0 Å². The van der Waals surface area contributed by atoms with Crippen molar-refractivity contribution in [2.75, 3.05) is 0 Å². The van der Waals surface area contributed by atoms with E-state index in [9.17, 15) is 0 Å². The van der Waals surface area contributed by atoms with E-state index in [2.05, 4.69) is 30.9 Å². The van der Waals surface area contributed by atoms with E-state index >= 15 is 0 Å². The predicted octanol–water partition coefficient (Wildman–Crippen LogP) is 3.03. The Morgan fingerprint density at radius 1 is 1.07 bits per heavy atom. The van der Waals surface area contributed by atoms with Crippen molar-refractivity contribution in [3.8, 4) is 11.5 Å². The molecule has 2 aromatic rings. The maximum absolute atomic E-state index is 5.22. The molecule has 0 spiro atoms. The van der Waals surface area contributed by atoms with E-state index < -0.39 is 0 Å². The summed E-state index contributed by atoms with van der Waals surface area (Å²) in [6, 6.07) is 9.79. The molecule has 0 unspecified atom stereocenters. The number of aromatic nitrogens is 2. The zero-order valence-corrected chi connectivity index (χ0v) is 9.19. The summed E-state index contributed by atoms with van der Waals surface area (Å²) in [5, 5.41) is 3.98. The van der Waals surface area contributed by atoms with Gasteiger partial charge in [-0.25, -0.2) is 0 Å². The first-order valence-corrected chi connectivity index (χ1v) is 4.97. The third kappa shape index (κ3) is 2.06. The topological polar surface area (TPSA) is 38.9 Å². The molecule has 0 aliphatic rings. The van der Waals surface area contributed by atoms with E-state index in [0.29, 0.717) is 5.89 Å². The summed E-state index contributed by atoms with van der Waals surface area (Å²) in [4.78, 5) is 4.37. The molecule has 1 aromatic carbocycles. The molecule has 0 bridgehead atoms. The minimum Gasteiger partial charge on any atom is -0.334 e. The van der Waals surface area contributed by atoms with E-state index in [1.807, 2.05) is 30.3 Å². The van der Waals surface area contributed by atoms with Crippen LogP contribution in [-0.2, 0) is 5.41 Å². The van der Waals surface area contributed by atoms with Crippen molar-refractivity contribution in [2.45, 2.75) is 26.2 Å². The van der Waals surface area contributed by atoms with Gasteiger partial charge in [0.15, 0.2) is 5.82 Å². The highest BCUT2D eigenvalue weighted by Crippen LogP contribution is 2.22. The van der Waals surface area contributed by atoms with Crippen LogP contribution >= 0.6 is 0 Å². The molecule has 0 radical (unpaired) electrons. The van der Waals surface area contributed by atoms with Crippen molar-refractivity contribution in [1.82, 2.24) is 10.1 Å². The Labute approximate surface area is 89.1 Å². The molecule has 0 N–H and O–H groups in total. The maximum atomic E-state index is 5.22. The molecule has 0 aliphatic carbocycles. The van der Waals surface area contributed by atoms with Crippen LogP contribution in [0.5, 0.6) is 0 Å². The van der Waals surface area contributed by atoms with Gasteiger partial charge in [0.25, 0.3) is 5.89 Å². The van der Waals surface area contributed by atoms with Crippen molar-refractivity contribution < 1.29 is 4.52 Å². The fraction of sp³-hybridized carbons (Fsp3) is 0.333. The lowest BCUT2D eigenvalue weighted by Crippen LogP contribution is -2.13. The van der Waals surface area contributed by atoms with Crippen molar-refractivity contribution in [1.29, 1.82) is 0 Å². The molecule has 78 valence electrons. The molecule has 0 fully saturated rings. The molecular formula is C12H14N2O. The Morgan fingerprint density at radius 3 is 2.27 bits per heavy atom. The zero-order valence-electron chi connectivity index (χ0n) is 9.19. The van der Waals surface area contributed by atoms with Gasteiger partial charge in [-0.15, -0.1) is 0 Å². The van der Waals surface area contributed by atoms with Crippen molar-refractivity contribution in [3.63, 3.8) is 0 Å². The molecule has 0 saturated carbocycles. The first kappa shape index (κ1) is 9.90. The van der Waals surface area contributed by atoms with Gasteiger partial charge < -0.3 is 4.52 Å². The van der Waals surface area contributed by atoms with Crippen LogP contribution in [0.2, 0.25) is 0 Å². The van der Waals surface area contributed by atoms with Crippen LogP contribution in [0.15, 0.2) is 34.9 Å².